The second-order valence-electron chi connectivity index (χ2n) is 7.98. The van der Waals surface area contributed by atoms with Gasteiger partial charge in [-0.3, -0.25) is 19.0 Å². The molecule has 2 amide bonds. The molecular formula is C23H28N6O4S. The molecule has 1 atom stereocenters. The van der Waals surface area contributed by atoms with Crippen LogP contribution in [0.25, 0.3) is 10.3 Å². The van der Waals surface area contributed by atoms with Crippen LogP contribution in [0.3, 0.4) is 0 Å². The van der Waals surface area contributed by atoms with Gasteiger partial charge in [-0.2, -0.15) is 4.98 Å². The zero-order valence-corrected chi connectivity index (χ0v) is 20.1. The van der Waals surface area contributed by atoms with E-state index in [1.165, 1.54) is 22.2 Å². The molecule has 10 nitrogen and oxygen atoms in total. The first-order valence-corrected chi connectivity index (χ1v) is 12.2. The number of anilines is 2. The van der Waals surface area contributed by atoms with Gasteiger partial charge in [0, 0.05) is 19.6 Å². The van der Waals surface area contributed by atoms with E-state index < -0.39 is 0 Å². The minimum absolute atomic E-state index is 0.0470. The molecule has 34 heavy (non-hydrogen) atoms. The molecule has 1 aromatic carbocycles. The molecule has 0 spiro atoms. The number of ether oxygens (including phenoxy) is 1. The van der Waals surface area contributed by atoms with Crippen molar-refractivity contribution in [2.75, 3.05) is 36.5 Å². The van der Waals surface area contributed by atoms with Crippen LogP contribution < -0.4 is 25.8 Å². The Bertz CT molecular complexity index is 1240. The SMILES string of the molecule is CCNC(=O)[C@@H]1CCCN(c2nc3ncn(CC(=O)Nc4ccccc4OCC)c(=O)c3s2)C1. The molecular weight excluding hydrogens is 456 g/mol. The molecule has 0 saturated carbocycles. The van der Waals surface area contributed by atoms with Crippen molar-refractivity contribution in [3.8, 4) is 5.75 Å². The normalized spacial score (nSPS) is 15.8. The van der Waals surface area contributed by atoms with E-state index in [1.807, 2.05) is 24.8 Å². The quantitative estimate of drug-likeness (QED) is 0.503. The minimum Gasteiger partial charge on any atom is -0.492 e. The number of thiazole rings is 1. The Balaban J connectivity index is 1.50. The summed E-state index contributed by atoms with van der Waals surface area (Å²) in [6.07, 6.45) is 3.05. The maximum absolute atomic E-state index is 13.0. The molecule has 2 N–H and O–H groups in total. The van der Waals surface area contributed by atoms with Crippen LogP contribution in [0.5, 0.6) is 5.75 Å². The molecule has 3 heterocycles. The zero-order chi connectivity index (χ0) is 24.1. The molecule has 2 aromatic heterocycles. The molecule has 1 aliphatic heterocycles. The lowest BCUT2D eigenvalue weighted by molar-refractivity contribution is -0.125. The number of benzene rings is 1. The maximum atomic E-state index is 13.0. The molecule has 1 saturated heterocycles. The first-order valence-electron chi connectivity index (χ1n) is 11.4. The van der Waals surface area contributed by atoms with Gasteiger partial charge in [-0.05, 0) is 38.8 Å². The average molecular weight is 485 g/mol. The Morgan fingerprint density at radius 3 is 2.88 bits per heavy atom. The Morgan fingerprint density at radius 2 is 2.09 bits per heavy atom. The lowest BCUT2D eigenvalue weighted by Gasteiger charge is -2.31. The van der Waals surface area contributed by atoms with E-state index in [0.717, 1.165) is 19.4 Å². The highest BCUT2D eigenvalue weighted by Crippen LogP contribution is 2.29. The average Bonchev–Trinajstić information content (AvgIpc) is 3.28. The topological polar surface area (TPSA) is 118 Å². The van der Waals surface area contributed by atoms with E-state index in [4.69, 9.17) is 4.74 Å². The number of para-hydroxylation sites is 2. The fourth-order valence-corrected chi connectivity index (χ4v) is 4.97. The number of amides is 2. The van der Waals surface area contributed by atoms with Gasteiger partial charge in [-0.1, -0.05) is 23.5 Å². The smallest absolute Gasteiger partial charge is 0.273 e. The highest BCUT2D eigenvalue weighted by Gasteiger charge is 2.27. The predicted molar refractivity (Wildman–Crippen MR) is 132 cm³/mol. The number of rotatable bonds is 8. The van der Waals surface area contributed by atoms with E-state index in [2.05, 4.69) is 20.6 Å². The van der Waals surface area contributed by atoms with Crippen LogP contribution in [0.4, 0.5) is 10.8 Å². The monoisotopic (exact) mass is 484 g/mol. The van der Waals surface area contributed by atoms with Crippen LogP contribution in [-0.2, 0) is 16.1 Å². The summed E-state index contributed by atoms with van der Waals surface area (Å²) in [5.41, 5.74) is 0.575. The summed E-state index contributed by atoms with van der Waals surface area (Å²) in [5.74, 6) is 0.152. The third-order valence-electron chi connectivity index (χ3n) is 5.56. The molecule has 4 rings (SSSR count). The largest absolute Gasteiger partial charge is 0.492 e. The van der Waals surface area contributed by atoms with Gasteiger partial charge in [0.25, 0.3) is 5.56 Å². The van der Waals surface area contributed by atoms with Crippen molar-refractivity contribution in [1.29, 1.82) is 0 Å². The molecule has 0 unspecified atom stereocenters. The van der Waals surface area contributed by atoms with Crippen LogP contribution >= 0.6 is 11.3 Å². The number of hydrogen-bond acceptors (Lipinski definition) is 8. The first-order chi connectivity index (χ1) is 16.5. The van der Waals surface area contributed by atoms with Crippen molar-refractivity contribution in [2.24, 2.45) is 5.92 Å². The fourth-order valence-electron chi connectivity index (χ4n) is 3.96. The third-order valence-corrected chi connectivity index (χ3v) is 6.65. The lowest BCUT2D eigenvalue weighted by atomic mass is 9.97. The first kappa shape index (κ1) is 23.7. The van der Waals surface area contributed by atoms with E-state index in [-0.39, 0.29) is 29.8 Å². The molecule has 180 valence electrons. The Labute approximate surface area is 201 Å². The van der Waals surface area contributed by atoms with Gasteiger partial charge in [0.05, 0.1) is 18.2 Å². The molecule has 0 radical (unpaired) electrons. The van der Waals surface area contributed by atoms with Gasteiger partial charge in [-0.15, -0.1) is 0 Å². The molecule has 0 aliphatic carbocycles. The van der Waals surface area contributed by atoms with Crippen molar-refractivity contribution in [3.63, 3.8) is 0 Å². The highest BCUT2D eigenvalue weighted by atomic mass is 32.1. The maximum Gasteiger partial charge on any atom is 0.273 e. The van der Waals surface area contributed by atoms with Crippen molar-refractivity contribution >= 4 is 44.3 Å². The van der Waals surface area contributed by atoms with Crippen molar-refractivity contribution < 1.29 is 14.3 Å². The van der Waals surface area contributed by atoms with Crippen LogP contribution in [0.1, 0.15) is 26.7 Å². The molecule has 11 heteroatoms. The van der Waals surface area contributed by atoms with Gasteiger partial charge in [0.15, 0.2) is 10.8 Å². The van der Waals surface area contributed by atoms with Gasteiger partial charge >= 0.3 is 0 Å². The van der Waals surface area contributed by atoms with Crippen molar-refractivity contribution in [1.82, 2.24) is 19.9 Å². The van der Waals surface area contributed by atoms with Crippen molar-refractivity contribution in [2.45, 2.75) is 33.2 Å². The third kappa shape index (κ3) is 5.19. The lowest BCUT2D eigenvalue weighted by Crippen LogP contribution is -2.43. The number of aromatic nitrogens is 3. The summed E-state index contributed by atoms with van der Waals surface area (Å²) < 4.78 is 7.20. The Morgan fingerprint density at radius 1 is 1.26 bits per heavy atom. The van der Waals surface area contributed by atoms with Crippen LogP contribution in [0.15, 0.2) is 35.4 Å². The summed E-state index contributed by atoms with van der Waals surface area (Å²) in [7, 11) is 0. The van der Waals surface area contributed by atoms with E-state index in [1.54, 1.807) is 18.2 Å². The molecule has 3 aromatic rings. The second kappa shape index (κ2) is 10.6. The second-order valence-corrected chi connectivity index (χ2v) is 8.96. The van der Waals surface area contributed by atoms with E-state index in [0.29, 0.717) is 46.6 Å². The fraction of sp³-hybridized carbons (Fsp3) is 0.435. The number of carbonyl (C=O) groups is 2. The van der Waals surface area contributed by atoms with Crippen LogP contribution in [0.2, 0.25) is 0 Å². The number of nitrogens with zero attached hydrogens (tertiary/aromatic N) is 4. The van der Waals surface area contributed by atoms with Gasteiger partial charge in [0.1, 0.15) is 23.3 Å². The summed E-state index contributed by atoms with van der Waals surface area (Å²) in [5, 5.41) is 6.34. The summed E-state index contributed by atoms with van der Waals surface area (Å²) in [6.45, 7) is 5.99. The Hall–Kier alpha value is -3.47. The van der Waals surface area contributed by atoms with Gasteiger partial charge in [0.2, 0.25) is 11.8 Å². The van der Waals surface area contributed by atoms with Gasteiger partial charge in [-0.25, -0.2) is 4.98 Å². The number of hydrogen-bond donors (Lipinski definition) is 2. The number of fused-ring (bicyclic) bond motifs is 1. The standard InChI is InChI=1S/C23H28N6O4S/c1-3-24-21(31)15-8-7-11-28(12-15)23-27-20-19(34-23)22(32)29(14-25-20)13-18(30)26-16-9-5-6-10-17(16)33-4-2/h5-6,9-10,14-15H,3-4,7-8,11-13H2,1-2H3,(H,24,31)(H,26,30)/t15-/m1/s1. The minimum atomic E-state index is -0.360. The summed E-state index contributed by atoms with van der Waals surface area (Å²) >= 11 is 1.25. The molecule has 1 fully saturated rings. The number of carbonyl (C=O) groups excluding carboxylic acids is 2. The summed E-state index contributed by atoms with van der Waals surface area (Å²) in [4.78, 5) is 48.8. The van der Waals surface area contributed by atoms with Crippen LogP contribution in [-0.4, -0.2) is 52.6 Å². The van der Waals surface area contributed by atoms with Crippen molar-refractivity contribution in [3.05, 3.63) is 40.9 Å². The zero-order valence-electron chi connectivity index (χ0n) is 19.2. The molecule has 0 bridgehead atoms. The Kier molecular flexibility index (Phi) is 7.41. The molecule has 1 aliphatic rings. The van der Waals surface area contributed by atoms with E-state index in [9.17, 15) is 14.4 Å². The number of piperidine rings is 1. The van der Waals surface area contributed by atoms with Crippen LogP contribution in [0, 0.1) is 5.92 Å². The number of nitrogens with one attached hydrogen (secondary N) is 2. The predicted octanol–water partition coefficient (Wildman–Crippen LogP) is 2.24. The highest BCUT2D eigenvalue weighted by molar-refractivity contribution is 7.22. The van der Waals surface area contributed by atoms with E-state index >= 15 is 0 Å². The van der Waals surface area contributed by atoms with Gasteiger partial charge < -0.3 is 20.3 Å². The summed E-state index contributed by atoms with van der Waals surface area (Å²) in [6, 6.07) is 7.14.